The number of ether oxygens (including phenoxy) is 1. The normalized spacial score (nSPS) is 22.6. The molecule has 37 heavy (non-hydrogen) atoms. The van der Waals surface area contributed by atoms with Crippen LogP contribution in [-0.4, -0.2) is 86.9 Å². The quantitative estimate of drug-likeness (QED) is 0.551. The van der Waals surface area contributed by atoms with Gasteiger partial charge in [-0.25, -0.2) is 17.6 Å². The van der Waals surface area contributed by atoms with Gasteiger partial charge in [0.25, 0.3) is 5.91 Å². The van der Waals surface area contributed by atoms with Crippen LogP contribution in [0.3, 0.4) is 0 Å². The first-order valence-corrected chi connectivity index (χ1v) is 14.5. The van der Waals surface area contributed by atoms with Crippen molar-refractivity contribution in [1.29, 1.82) is 0 Å². The van der Waals surface area contributed by atoms with Gasteiger partial charge < -0.3 is 19.9 Å². The smallest absolute Gasteiger partial charge is 0.409 e. The van der Waals surface area contributed by atoms with Crippen molar-refractivity contribution in [2.45, 2.75) is 44.3 Å². The molecular weight excluding hydrogens is 525 g/mol. The Balaban J connectivity index is 1.69. The van der Waals surface area contributed by atoms with Gasteiger partial charge in [-0.05, 0) is 25.5 Å². The predicted octanol–water partition coefficient (Wildman–Crippen LogP) is 2.91. The third-order valence-corrected chi connectivity index (χ3v) is 7.71. The number of amides is 3. The van der Waals surface area contributed by atoms with E-state index in [1.165, 1.54) is 15.9 Å². The molecule has 0 saturated carbocycles. The summed E-state index contributed by atoms with van der Waals surface area (Å²) in [5, 5.41) is 3.94. The Hall–Kier alpha value is -2.66. The average Bonchev–Trinajstić information content (AvgIpc) is 3.28. The van der Waals surface area contributed by atoms with Crippen LogP contribution in [-0.2, 0) is 24.2 Å². The van der Waals surface area contributed by atoms with Gasteiger partial charge in [0.2, 0.25) is 5.91 Å². The van der Waals surface area contributed by atoms with Gasteiger partial charge >= 0.3 is 6.09 Å². The molecule has 2 aliphatic rings. The second-order valence-corrected chi connectivity index (χ2v) is 11.9. The number of piperidine rings is 1. The van der Waals surface area contributed by atoms with E-state index in [0.29, 0.717) is 5.02 Å². The summed E-state index contributed by atoms with van der Waals surface area (Å²) in [7, 11) is -3.37. The highest BCUT2D eigenvalue weighted by molar-refractivity contribution is 7.93. The Morgan fingerprint density at radius 1 is 1.22 bits per heavy atom. The second kappa shape index (κ2) is 11.8. The maximum atomic E-state index is 15.5. The first-order valence-electron chi connectivity index (χ1n) is 12.2. The fourth-order valence-corrected chi connectivity index (χ4v) is 5.49. The van der Waals surface area contributed by atoms with Crippen molar-refractivity contribution in [1.82, 2.24) is 15.1 Å². The summed E-state index contributed by atoms with van der Waals surface area (Å²) in [6.07, 6.45) is 1.40. The Bertz CT molecular complexity index is 1150. The molecule has 1 N–H and O–H groups in total. The number of halogens is 2. The van der Waals surface area contributed by atoms with Crippen LogP contribution >= 0.6 is 11.6 Å². The summed E-state index contributed by atoms with van der Waals surface area (Å²) in [4.78, 5) is 41.6. The molecule has 2 fully saturated rings. The van der Waals surface area contributed by atoms with Crippen LogP contribution in [0.4, 0.5) is 9.18 Å². The molecular formula is C25H33ClFN3O6S. The number of hydrogen-bond acceptors (Lipinski definition) is 6. The molecule has 2 saturated heterocycles. The van der Waals surface area contributed by atoms with Gasteiger partial charge in [0, 0.05) is 67.7 Å². The molecule has 9 nitrogen and oxygen atoms in total. The molecule has 0 bridgehead atoms. The highest BCUT2D eigenvalue weighted by Crippen LogP contribution is 2.38. The molecule has 2 heterocycles. The topological polar surface area (TPSA) is 113 Å². The zero-order valence-electron chi connectivity index (χ0n) is 21.2. The van der Waals surface area contributed by atoms with E-state index in [4.69, 9.17) is 16.3 Å². The molecule has 204 valence electrons. The van der Waals surface area contributed by atoms with Crippen molar-refractivity contribution in [3.63, 3.8) is 0 Å². The van der Waals surface area contributed by atoms with E-state index in [1.807, 2.05) is 12.1 Å². The number of nitrogens with one attached hydrogen (secondary N) is 1. The lowest BCUT2D eigenvalue weighted by Gasteiger charge is -2.37. The number of carbonyl (C=O) groups is 3. The summed E-state index contributed by atoms with van der Waals surface area (Å²) >= 11 is 6.42. The third kappa shape index (κ3) is 7.22. The molecule has 0 aliphatic carbocycles. The fourth-order valence-electron chi connectivity index (χ4n) is 4.70. The van der Waals surface area contributed by atoms with Gasteiger partial charge in [-0.3, -0.25) is 9.59 Å². The van der Waals surface area contributed by atoms with E-state index in [9.17, 15) is 22.8 Å². The summed E-state index contributed by atoms with van der Waals surface area (Å²) in [5.74, 6) is -2.02. The molecule has 0 aromatic heterocycles. The lowest BCUT2D eigenvalue weighted by Crippen LogP contribution is -2.54. The van der Waals surface area contributed by atoms with E-state index >= 15 is 4.39 Å². The van der Waals surface area contributed by atoms with Crippen LogP contribution in [0, 0.1) is 5.92 Å². The highest BCUT2D eigenvalue weighted by Gasteiger charge is 2.47. The van der Waals surface area contributed by atoms with Gasteiger partial charge in [0.05, 0.1) is 12.5 Å². The van der Waals surface area contributed by atoms with Crippen molar-refractivity contribution in [3.05, 3.63) is 46.3 Å². The Kier molecular flexibility index (Phi) is 9.22. The molecule has 0 spiro atoms. The zero-order chi connectivity index (χ0) is 27.4. The molecule has 3 amide bonds. The molecule has 1 aromatic carbocycles. The standard InChI is InChI=1S/C25H33ClFN3O6S/c1-4-36-24(33)30-15-19(18-7-5-6-8-21(18)26)20(16-30)22(31)29-12-10-25(27,11-13-29)23(32)28-17(2)9-14-37(3,34)35/h5-9,14,17,19-20H,4,10-13,15-16H2,1-3H3,(H,28,32)/b14-9-/t17-,19+,20+/m1/s1. The largest absolute Gasteiger partial charge is 0.450 e. The fraction of sp³-hybridized carbons (Fsp3) is 0.560. The van der Waals surface area contributed by atoms with Gasteiger partial charge in [-0.15, -0.1) is 0 Å². The number of rotatable bonds is 7. The van der Waals surface area contributed by atoms with Crippen LogP contribution in [0.5, 0.6) is 0 Å². The minimum Gasteiger partial charge on any atom is -0.450 e. The Morgan fingerprint density at radius 3 is 2.46 bits per heavy atom. The monoisotopic (exact) mass is 557 g/mol. The SMILES string of the molecule is CCOC(=O)N1C[C@H](C(=O)N2CCC(F)(C(=O)N[C@H](C)/C=C\S(C)(=O)=O)CC2)[C@H](c2ccccc2Cl)C1. The van der Waals surface area contributed by atoms with Gasteiger partial charge in [0.15, 0.2) is 15.5 Å². The molecule has 0 radical (unpaired) electrons. The van der Waals surface area contributed by atoms with E-state index in [0.717, 1.165) is 17.2 Å². The third-order valence-electron chi connectivity index (χ3n) is 6.72. The van der Waals surface area contributed by atoms with Crippen molar-refractivity contribution in [3.8, 4) is 0 Å². The number of hydrogen-bond donors (Lipinski definition) is 1. The van der Waals surface area contributed by atoms with Crippen LogP contribution in [0.25, 0.3) is 0 Å². The van der Waals surface area contributed by atoms with Crippen LogP contribution in [0.15, 0.2) is 35.7 Å². The van der Waals surface area contributed by atoms with Crippen molar-refractivity contribution < 1.29 is 31.9 Å². The lowest BCUT2D eigenvalue weighted by molar-refractivity contribution is -0.144. The Labute approximate surface area is 221 Å². The van der Waals surface area contributed by atoms with E-state index in [-0.39, 0.29) is 57.5 Å². The summed E-state index contributed by atoms with van der Waals surface area (Å²) in [5.41, 5.74) is -1.43. The van der Waals surface area contributed by atoms with Crippen molar-refractivity contribution >= 4 is 39.3 Å². The summed E-state index contributed by atoms with van der Waals surface area (Å²) in [6.45, 7) is 3.93. The molecule has 1 aromatic rings. The summed E-state index contributed by atoms with van der Waals surface area (Å²) < 4.78 is 43.2. The van der Waals surface area contributed by atoms with Gasteiger partial charge in [-0.2, -0.15) is 0 Å². The van der Waals surface area contributed by atoms with E-state index < -0.39 is 39.5 Å². The predicted molar refractivity (Wildman–Crippen MR) is 138 cm³/mol. The first kappa shape index (κ1) is 28.9. The number of benzene rings is 1. The minimum atomic E-state index is -3.37. The number of alkyl halides is 1. The highest BCUT2D eigenvalue weighted by atomic mass is 35.5. The molecule has 12 heteroatoms. The van der Waals surface area contributed by atoms with Crippen LogP contribution < -0.4 is 5.32 Å². The number of nitrogens with zero attached hydrogens (tertiary/aromatic N) is 2. The maximum absolute atomic E-state index is 15.5. The zero-order valence-corrected chi connectivity index (χ0v) is 22.7. The Morgan fingerprint density at radius 2 is 1.86 bits per heavy atom. The summed E-state index contributed by atoms with van der Waals surface area (Å²) in [6, 6.07) is 6.48. The lowest BCUT2D eigenvalue weighted by atomic mass is 9.86. The second-order valence-electron chi connectivity index (χ2n) is 9.55. The van der Waals surface area contributed by atoms with Gasteiger partial charge in [0.1, 0.15) is 0 Å². The van der Waals surface area contributed by atoms with Crippen molar-refractivity contribution in [2.75, 3.05) is 39.0 Å². The van der Waals surface area contributed by atoms with Crippen LogP contribution in [0.1, 0.15) is 38.2 Å². The molecule has 2 aliphatic heterocycles. The van der Waals surface area contributed by atoms with E-state index in [2.05, 4.69) is 5.32 Å². The number of likely N-dealkylation sites (tertiary alicyclic amines) is 2. The maximum Gasteiger partial charge on any atom is 0.409 e. The van der Waals surface area contributed by atoms with Gasteiger partial charge in [-0.1, -0.05) is 35.9 Å². The minimum absolute atomic E-state index is 0.0292. The number of carbonyl (C=O) groups excluding carboxylic acids is 3. The molecule has 0 unspecified atom stereocenters. The average molecular weight is 558 g/mol. The van der Waals surface area contributed by atoms with Crippen molar-refractivity contribution in [2.24, 2.45) is 5.92 Å². The first-order chi connectivity index (χ1) is 17.3. The van der Waals surface area contributed by atoms with Crippen LogP contribution in [0.2, 0.25) is 5.02 Å². The molecule has 3 atom stereocenters. The van der Waals surface area contributed by atoms with E-state index in [1.54, 1.807) is 26.0 Å². The number of sulfone groups is 1. The molecule has 3 rings (SSSR count).